The molecule has 2 rings (SSSR count). The van der Waals surface area contributed by atoms with E-state index in [-0.39, 0.29) is 6.10 Å². The van der Waals surface area contributed by atoms with Crippen LogP contribution in [-0.2, 0) is 4.74 Å². The molecule has 0 aromatic heterocycles. The van der Waals surface area contributed by atoms with Crippen LogP contribution >= 0.6 is 0 Å². The fourth-order valence-electron chi connectivity index (χ4n) is 3.02. The Morgan fingerprint density at radius 2 is 2.11 bits per heavy atom. The molecule has 0 bridgehead atoms. The van der Waals surface area contributed by atoms with Crippen molar-refractivity contribution in [1.82, 2.24) is 5.32 Å². The van der Waals surface area contributed by atoms with E-state index in [0.29, 0.717) is 19.3 Å². The Balaban J connectivity index is 1.46. The zero-order valence-electron chi connectivity index (χ0n) is 12.1. The van der Waals surface area contributed by atoms with Crippen LogP contribution in [0.4, 0.5) is 0 Å². The molecular formula is C16H29NO2. The number of hydrogen-bond donors (Lipinski definition) is 2. The molecule has 2 aliphatic rings. The maximum Gasteiger partial charge on any atom is 0.0897 e. The first kappa shape index (κ1) is 15.0. The van der Waals surface area contributed by atoms with Gasteiger partial charge in [0, 0.05) is 6.54 Å². The van der Waals surface area contributed by atoms with E-state index in [1.807, 2.05) is 0 Å². The Labute approximate surface area is 117 Å². The quantitative estimate of drug-likeness (QED) is 0.525. The van der Waals surface area contributed by atoms with Crippen LogP contribution in [0.3, 0.4) is 0 Å². The number of ether oxygens (including phenoxy) is 1. The summed E-state index contributed by atoms with van der Waals surface area (Å²) >= 11 is 0. The highest BCUT2D eigenvalue weighted by atomic mass is 16.5. The van der Waals surface area contributed by atoms with Crippen LogP contribution in [0.2, 0.25) is 0 Å². The van der Waals surface area contributed by atoms with E-state index in [4.69, 9.17) is 4.74 Å². The number of nitrogens with one attached hydrogen (secondary N) is 1. The molecule has 3 nitrogen and oxygen atoms in total. The lowest BCUT2D eigenvalue weighted by Gasteiger charge is -2.23. The number of rotatable bonds is 8. The third kappa shape index (κ3) is 6.07. The Morgan fingerprint density at radius 3 is 2.84 bits per heavy atom. The van der Waals surface area contributed by atoms with Gasteiger partial charge in [0.2, 0.25) is 0 Å². The third-order valence-electron chi connectivity index (χ3n) is 4.21. The molecule has 0 heterocycles. The van der Waals surface area contributed by atoms with Gasteiger partial charge in [-0.15, -0.1) is 0 Å². The van der Waals surface area contributed by atoms with E-state index in [1.54, 1.807) is 5.57 Å². The van der Waals surface area contributed by atoms with Gasteiger partial charge < -0.3 is 15.2 Å². The summed E-state index contributed by atoms with van der Waals surface area (Å²) in [5.74, 6) is 0. The van der Waals surface area contributed by atoms with Gasteiger partial charge in [-0.25, -0.2) is 0 Å². The summed E-state index contributed by atoms with van der Waals surface area (Å²) < 4.78 is 5.77. The van der Waals surface area contributed by atoms with E-state index in [2.05, 4.69) is 11.4 Å². The summed E-state index contributed by atoms with van der Waals surface area (Å²) in [6.07, 6.45) is 13.7. The van der Waals surface area contributed by atoms with Crippen molar-refractivity contribution >= 4 is 0 Å². The molecule has 1 atom stereocenters. The second kappa shape index (κ2) is 8.72. The monoisotopic (exact) mass is 267 g/mol. The smallest absolute Gasteiger partial charge is 0.0897 e. The molecule has 2 aliphatic carbocycles. The Kier molecular flexibility index (Phi) is 6.90. The van der Waals surface area contributed by atoms with Crippen LogP contribution in [0.15, 0.2) is 11.6 Å². The summed E-state index contributed by atoms with van der Waals surface area (Å²) in [6, 6.07) is 0. The van der Waals surface area contributed by atoms with E-state index in [1.165, 1.54) is 51.4 Å². The van der Waals surface area contributed by atoms with E-state index in [0.717, 1.165) is 13.0 Å². The van der Waals surface area contributed by atoms with Crippen LogP contribution in [-0.4, -0.2) is 37.0 Å². The summed E-state index contributed by atoms with van der Waals surface area (Å²) in [7, 11) is 0. The molecule has 1 fully saturated rings. The van der Waals surface area contributed by atoms with Crippen molar-refractivity contribution in [3.8, 4) is 0 Å². The zero-order valence-corrected chi connectivity index (χ0v) is 12.1. The number of hydrogen-bond acceptors (Lipinski definition) is 3. The second-order valence-corrected chi connectivity index (χ2v) is 5.96. The molecule has 0 spiro atoms. The number of aliphatic hydroxyl groups is 1. The molecule has 0 aromatic carbocycles. The van der Waals surface area contributed by atoms with Crippen molar-refractivity contribution in [3.63, 3.8) is 0 Å². The van der Waals surface area contributed by atoms with Crippen molar-refractivity contribution in [2.45, 2.75) is 70.0 Å². The van der Waals surface area contributed by atoms with Gasteiger partial charge in [0.1, 0.15) is 0 Å². The Morgan fingerprint density at radius 1 is 1.26 bits per heavy atom. The highest BCUT2D eigenvalue weighted by Gasteiger charge is 2.15. The molecule has 0 aliphatic heterocycles. The molecule has 0 amide bonds. The molecule has 0 saturated heterocycles. The van der Waals surface area contributed by atoms with Crippen LogP contribution in [0.25, 0.3) is 0 Å². The van der Waals surface area contributed by atoms with Crippen LogP contribution in [0.1, 0.15) is 57.8 Å². The van der Waals surface area contributed by atoms with E-state index >= 15 is 0 Å². The minimum atomic E-state index is -0.362. The number of allylic oxidation sites excluding steroid dienone is 1. The van der Waals surface area contributed by atoms with Gasteiger partial charge in [-0.2, -0.15) is 0 Å². The molecule has 19 heavy (non-hydrogen) atoms. The van der Waals surface area contributed by atoms with Crippen LogP contribution < -0.4 is 5.32 Å². The molecule has 3 heteroatoms. The summed E-state index contributed by atoms with van der Waals surface area (Å²) in [5, 5.41) is 13.2. The standard InChI is InChI=1S/C16H29NO2/c18-15(13-19-16-8-2-1-3-9-16)12-17-11-10-14-6-4-5-7-14/h6,15-18H,1-5,7-13H2. The predicted molar refractivity (Wildman–Crippen MR) is 78.3 cm³/mol. The van der Waals surface area contributed by atoms with Crippen molar-refractivity contribution in [2.24, 2.45) is 0 Å². The maximum atomic E-state index is 9.87. The van der Waals surface area contributed by atoms with Crippen LogP contribution in [0, 0.1) is 0 Å². The molecular weight excluding hydrogens is 238 g/mol. The predicted octanol–water partition coefficient (Wildman–Crippen LogP) is 2.79. The molecule has 110 valence electrons. The molecule has 1 unspecified atom stereocenters. The average Bonchev–Trinajstić information content (AvgIpc) is 2.96. The third-order valence-corrected chi connectivity index (χ3v) is 4.21. The fraction of sp³-hybridized carbons (Fsp3) is 0.875. The van der Waals surface area contributed by atoms with Gasteiger partial charge in [0.15, 0.2) is 0 Å². The van der Waals surface area contributed by atoms with Gasteiger partial charge in [-0.1, -0.05) is 30.9 Å². The first-order valence-corrected chi connectivity index (χ1v) is 8.03. The SMILES string of the molecule is OC(CNCCC1=CCCC1)COC1CCCCC1. The minimum absolute atomic E-state index is 0.362. The molecule has 1 saturated carbocycles. The molecule has 2 N–H and O–H groups in total. The van der Waals surface area contributed by atoms with E-state index in [9.17, 15) is 5.11 Å². The average molecular weight is 267 g/mol. The first-order chi connectivity index (χ1) is 9.34. The van der Waals surface area contributed by atoms with Gasteiger partial charge in [0.05, 0.1) is 18.8 Å². The Bertz CT molecular complexity index is 272. The van der Waals surface area contributed by atoms with Gasteiger partial charge >= 0.3 is 0 Å². The fourth-order valence-corrected chi connectivity index (χ4v) is 3.02. The summed E-state index contributed by atoms with van der Waals surface area (Å²) in [5.41, 5.74) is 1.58. The Hall–Kier alpha value is -0.380. The summed E-state index contributed by atoms with van der Waals surface area (Å²) in [6.45, 7) is 2.12. The zero-order chi connectivity index (χ0) is 13.3. The number of aliphatic hydroxyl groups excluding tert-OH is 1. The summed E-state index contributed by atoms with van der Waals surface area (Å²) in [4.78, 5) is 0. The topological polar surface area (TPSA) is 41.5 Å². The van der Waals surface area contributed by atoms with E-state index < -0.39 is 0 Å². The molecule has 0 radical (unpaired) electrons. The van der Waals surface area contributed by atoms with Crippen molar-refractivity contribution in [1.29, 1.82) is 0 Å². The lowest BCUT2D eigenvalue weighted by molar-refractivity contribution is -0.0228. The van der Waals surface area contributed by atoms with Crippen molar-refractivity contribution < 1.29 is 9.84 Å². The van der Waals surface area contributed by atoms with Crippen molar-refractivity contribution in [3.05, 3.63) is 11.6 Å². The minimum Gasteiger partial charge on any atom is -0.389 e. The maximum absolute atomic E-state index is 9.87. The van der Waals surface area contributed by atoms with Crippen molar-refractivity contribution in [2.75, 3.05) is 19.7 Å². The normalized spacial score (nSPS) is 22.5. The van der Waals surface area contributed by atoms with Gasteiger partial charge in [-0.05, 0) is 45.1 Å². The van der Waals surface area contributed by atoms with Gasteiger partial charge in [0.25, 0.3) is 0 Å². The lowest BCUT2D eigenvalue weighted by Crippen LogP contribution is -2.33. The lowest BCUT2D eigenvalue weighted by atomic mass is 9.98. The highest BCUT2D eigenvalue weighted by molar-refractivity contribution is 5.07. The first-order valence-electron chi connectivity index (χ1n) is 8.03. The largest absolute Gasteiger partial charge is 0.389 e. The van der Waals surface area contributed by atoms with Crippen LogP contribution in [0.5, 0.6) is 0 Å². The molecule has 0 aromatic rings. The van der Waals surface area contributed by atoms with Gasteiger partial charge in [-0.3, -0.25) is 0 Å². The highest BCUT2D eigenvalue weighted by Crippen LogP contribution is 2.20. The second-order valence-electron chi connectivity index (χ2n) is 5.96.